The van der Waals surface area contributed by atoms with E-state index >= 15 is 0 Å². The van der Waals surface area contributed by atoms with Crippen LogP contribution in [0.2, 0.25) is 10.0 Å². The summed E-state index contributed by atoms with van der Waals surface area (Å²) in [5.74, 6) is 0.0685. The number of aromatic nitrogens is 1. The van der Waals surface area contributed by atoms with Gasteiger partial charge in [-0.2, -0.15) is 0 Å². The summed E-state index contributed by atoms with van der Waals surface area (Å²) in [4.78, 5) is 16.9. The van der Waals surface area contributed by atoms with E-state index < -0.39 is 0 Å². The standard InChI is InChI=1S/C16H11Cl2NOS2/c1-9(15(20)10-2-4-11(17)5-3-10)21-16-19-13-8-12(18)6-7-14(13)22-16/h2-9H,1H3/t9-/m0/s1. The zero-order valence-electron chi connectivity index (χ0n) is 11.5. The lowest BCUT2D eigenvalue weighted by molar-refractivity contribution is 0.0994. The third kappa shape index (κ3) is 3.46. The maximum atomic E-state index is 12.4. The van der Waals surface area contributed by atoms with Crippen LogP contribution < -0.4 is 0 Å². The summed E-state index contributed by atoms with van der Waals surface area (Å²) in [7, 11) is 0. The molecule has 0 aliphatic heterocycles. The van der Waals surface area contributed by atoms with E-state index in [1.165, 1.54) is 11.8 Å². The Bertz CT molecular complexity index is 830. The highest BCUT2D eigenvalue weighted by molar-refractivity contribution is 8.02. The highest BCUT2D eigenvalue weighted by atomic mass is 35.5. The molecule has 1 aromatic heterocycles. The molecule has 1 heterocycles. The monoisotopic (exact) mass is 367 g/mol. The number of thiazole rings is 1. The minimum absolute atomic E-state index is 0.0685. The Hall–Kier alpha value is -1.07. The molecule has 0 fully saturated rings. The number of benzene rings is 2. The van der Waals surface area contributed by atoms with Gasteiger partial charge in [0, 0.05) is 15.6 Å². The number of thioether (sulfide) groups is 1. The molecule has 3 rings (SSSR count). The van der Waals surface area contributed by atoms with Crippen molar-refractivity contribution in [3.63, 3.8) is 0 Å². The number of ketones is 1. The van der Waals surface area contributed by atoms with Crippen molar-refractivity contribution in [2.24, 2.45) is 0 Å². The van der Waals surface area contributed by atoms with Crippen molar-refractivity contribution in [1.82, 2.24) is 4.98 Å². The summed E-state index contributed by atoms with van der Waals surface area (Å²) >= 11 is 14.9. The third-order valence-corrected chi connectivity index (χ3v) is 5.82. The van der Waals surface area contributed by atoms with Crippen LogP contribution in [0.1, 0.15) is 17.3 Å². The van der Waals surface area contributed by atoms with Gasteiger partial charge in [-0.3, -0.25) is 4.79 Å². The van der Waals surface area contributed by atoms with E-state index in [4.69, 9.17) is 23.2 Å². The highest BCUT2D eigenvalue weighted by Gasteiger charge is 2.18. The van der Waals surface area contributed by atoms with Crippen molar-refractivity contribution in [3.05, 3.63) is 58.1 Å². The molecular weight excluding hydrogens is 357 g/mol. The van der Waals surface area contributed by atoms with E-state index in [1.807, 2.05) is 25.1 Å². The average Bonchev–Trinajstić information content (AvgIpc) is 2.88. The Kier molecular flexibility index (Phi) is 4.73. The average molecular weight is 368 g/mol. The highest BCUT2D eigenvalue weighted by Crippen LogP contribution is 2.34. The molecule has 2 aromatic carbocycles. The molecule has 0 unspecified atom stereocenters. The second-order valence-corrected chi connectivity index (χ2v) is 8.21. The van der Waals surface area contributed by atoms with Crippen LogP contribution in [0.25, 0.3) is 10.2 Å². The van der Waals surface area contributed by atoms with E-state index in [0.29, 0.717) is 15.6 Å². The van der Waals surface area contributed by atoms with E-state index in [-0.39, 0.29) is 11.0 Å². The molecule has 22 heavy (non-hydrogen) atoms. The van der Waals surface area contributed by atoms with Crippen LogP contribution in [-0.2, 0) is 0 Å². The fraction of sp³-hybridized carbons (Fsp3) is 0.125. The van der Waals surface area contributed by atoms with Gasteiger partial charge in [0.15, 0.2) is 10.1 Å². The summed E-state index contributed by atoms with van der Waals surface area (Å²) < 4.78 is 1.94. The Morgan fingerprint density at radius 1 is 1.14 bits per heavy atom. The van der Waals surface area contributed by atoms with Gasteiger partial charge in [0.25, 0.3) is 0 Å². The summed E-state index contributed by atoms with van der Waals surface area (Å²) in [6.45, 7) is 1.89. The molecule has 6 heteroatoms. The largest absolute Gasteiger partial charge is 0.293 e. The summed E-state index contributed by atoms with van der Waals surface area (Å²) in [5.41, 5.74) is 1.53. The first kappa shape index (κ1) is 15.8. The van der Waals surface area contributed by atoms with E-state index in [9.17, 15) is 4.79 Å². The quantitative estimate of drug-likeness (QED) is 0.420. The maximum Gasteiger partial charge on any atom is 0.175 e. The number of rotatable bonds is 4. The zero-order chi connectivity index (χ0) is 15.7. The molecule has 0 aliphatic rings. The Labute approximate surface area is 146 Å². The smallest absolute Gasteiger partial charge is 0.175 e. The number of hydrogen-bond donors (Lipinski definition) is 0. The Morgan fingerprint density at radius 2 is 1.82 bits per heavy atom. The second kappa shape index (κ2) is 6.59. The predicted molar refractivity (Wildman–Crippen MR) is 95.7 cm³/mol. The number of Topliss-reactive ketones (excluding diaryl/α,β-unsaturated/α-hetero) is 1. The van der Waals surface area contributed by atoms with Crippen LogP contribution in [0.15, 0.2) is 46.8 Å². The lowest BCUT2D eigenvalue weighted by atomic mass is 10.1. The minimum atomic E-state index is -0.211. The Balaban J connectivity index is 1.78. The SMILES string of the molecule is C[C@H](Sc1nc2cc(Cl)ccc2s1)C(=O)c1ccc(Cl)cc1. The van der Waals surface area contributed by atoms with Gasteiger partial charge in [-0.05, 0) is 49.4 Å². The van der Waals surface area contributed by atoms with Crippen molar-refractivity contribution in [2.45, 2.75) is 16.5 Å². The molecule has 112 valence electrons. The molecule has 0 radical (unpaired) electrons. The van der Waals surface area contributed by atoms with Gasteiger partial charge in [-0.25, -0.2) is 4.98 Å². The second-order valence-electron chi connectivity index (χ2n) is 4.72. The maximum absolute atomic E-state index is 12.4. The summed E-state index contributed by atoms with van der Waals surface area (Å²) in [6, 6.07) is 12.6. The van der Waals surface area contributed by atoms with E-state index in [2.05, 4.69) is 4.98 Å². The van der Waals surface area contributed by atoms with Gasteiger partial charge in [0.05, 0.1) is 15.5 Å². The van der Waals surface area contributed by atoms with E-state index in [0.717, 1.165) is 14.6 Å². The normalized spacial score (nSPS) is 12.5. The summed E-state index contributed by atoms with van der Waals surface area (Å²) in [5, 5.41) is 1.08. The van der Waals surface area contributed by atoms with Crippen molar-refractivity contribution in [1.29, 1.82) is 0 Å². The van der Waals surface area contributed by atoms with E-state index in [1.54, 1.807) is 35.6 Å². The number of fused-ring (bicyclic) bond motifs is 1. The lowest BCUT2D eigenvalue weighted by Gasteiger charge is -2.08. The number of halogens is 2. The van der Waals surface area contributed by atoms with Crippen molar-refractivity contribution < 1.29 is 4.79 Å². The lowest BCUT2D eigenvalue weighted by Crippen LogP contribution is -2.13. The van der Waals surface area contributed by atoms with Crippen LogP contribution in [-0.4, -0.2) is 16.0 Å². The summed E-state index contributed by atoms with van der Waals surface area (Å²) in [6.07, 6.45) is 0. The van der Waals surface area contributed by atoms with Gasteiger partial charge in [-0.15, -0.1) is 11.3 Å². The fourth-order valence-electron chi connectivity index (χ4n) is 1.98. The number of carbonyl (C=O) groups excluding carboxylic acids is 1. The minimum Gasteiger partial charge on any atom is -0.293 e. The molecule has 0 saturated heterocycles. The fourth-order valence-corrected chi connectivity index (χ4v) is 4.54. The zero-order valence-corrected chi connectivity index (χ0v) is 14.7. The Morgan fingerprint density at radius 3 is 2.55 bits per heavy atom. The van der Waals surface area contributed by atoms with Crippen LogP contribution in [0.5, 0.6) is 0 Å². The van der Waals surface area contributed by atoms with Gasteiger partial charge in [0.2, 0.25) is 0 Å². The first-order valence-electron chi connectivity index (χ1n) is 6.55. The van der Waals surface area contributed by atoms with Crippen LogP contribution in [0.3, 0.4) is 0 Å². The first-order valence-corrected chi connectivity index (χ1v) is 9.00. The molecule has 1 atom stereocenters. The van der Waals surface area contributed by atoms with Gasteiger partial charge in [0.1, 0.15) is 0 Å². The van der Waals surface area contributed by atoms with Crippen molar-refractivity contribution >= 4 is 62.3 Å². The number of nitrogens with zero attached hydrogens (tertiary/aromatic N) is 1. The van der Waals surface area contributed by atoms with Crippen LogP contribution in [0.4, 0.5) is 0 Å². The first-order chi connectivity index (χ1) is 10.5. The number of hydrogen-bond acceptors (Lipinski definition) is 4. The third-order valence-electron chi connectivity index (χ3n) is 3.11. The van der Waals surface area contributed by atoms with Crippen LogP contribution in [0, 0.1) is 0 Å². The molecule has 0 N–H and O–H groups in total. The molecule has 0 bridgehead atoms. The molecule has 0 amide bonds. The van der Waals surface area contributed by atoms with Gasteiger partial charge in [-0.1, -0.05) is 35.0 Å². The molecule has 0 aliphatic carbocycles. The molecule has 0 spiro atoms. The van der Waals surface area contributed by atoms with Crippen LogP contribution >= 0.6 is 46.3 Å². The molecular formula is C16H11Cl2NOS2. The molecule has 2 nitrogen and oxygen atoms in total. The van der Waals surface area contributed by atoms with Crippen molar-refractivity contribution in [2.75, 3.05) is 0 Å². The predicted octanol–water partition coefficient (Wildman–Crippen LogP) is 5.97. The topological polar surface area (TPSA) is 30.0 Å². The molecule has 0 saturated carbocycles. The van der Waals surface area contributed by atoms with Crippen molar-refractivity contribution in [3.8, 4) is 0 Å². The van der Waals surface area contributed by atoms with Gasteiger partial charge < -0.3 is 0 Å². The van der Waals surface area contributed by atoms with Gasteiger partial charge >= 0.3 is 0 Å². The molecule has 3 aromatic rings. The number of carbonyl (C=O) groups is 1.